The van der Waals surface area contributed by atoms with Gasteiger partial charge in [-0.05, 0) is 31.4 Å². The van der Waals surface area contributed by atoms with Crippen molar-refractivity contribution in [2.45, 2.75) is 27.7 Å². The molecule has 0 radical (unpaired) electrons. The van der Waals surface area contributed by atoms with E-state index >= 15 is 0 Å². The molecule has 0 heterocycles. The molecule has 0 saturated heterocycles. The first-order valence-corrected chi connectivity index (χ1v) is 6.48. The summed E-state index contributed by atoms with van der Waals surface area (Å²) in [5.41, 5.74) is 2.04. The van der Waals surface area contributed by atoms with Gasteiger partial charge in [-0.3, -0.25) is 0 Å². The van der Waals surface area contributed by atoms with Crippen molar-refractivity contribution >= 4 is 6.16 Å². The van der Waals surface area contributed by atoms with Gasteiger partial charge in [0, 0.05) is 6.61 Å². The van der Waals surface area contributed by atoms with Crippen LogP contribution < -0.4 is 4.74 Å². The molecule has 0 spiro atoms. The number of ether oxygens (including phenoxy) is 3. The van der Waals surface area contributed by atoms with Crippen molar-refractivity contribution in [2.24, 2.45) is 5.92 Å². The Hall–Kier alpha value is -1.55. The molecule has 4 nitrogen and oxygen atoms in total. The summed E-state index contributed by atoms with van der Waals surface area (Å²) in [6.45, 7) is 9.26. The van der Waals surface area contributed by atoms with Crippen LogP contribution >= 0.6 is 0 Å². The maximum Gasteiger partial charge on any atom is 0.513 e. The van der Waals surface area contributed by atoms with Crippen molar-refractivity contribution in [2.75, 3.05) is 19.8 Å². The molecule has 19 heavy (non-hydrogen) atoms. The van der Waals surface area contributed by atoms with Crippen LogP contribution in [-0.4, -0.2) is 26.0 Å². The van der Waals surface area contributed by atoms with E-state index in [9.17, 15) is 4.79 Å². The third kappa shape index (κ3) is 6.25. The first kappa shape index (κ1) is 15.5. The van der Waals surface area contributed by atoms with Crippen LogP contribution in [0.4, 0.5) is 4.79 Å². The third-order valence-corrected chi connectivity index (χ3v) is 2.42. The van der Waals surface area contributed by atoms with Gasteiger partial charge in [-0.15, -0.1) is 0 Å². The first-order chi connectivity index (χ1) is 8.99. The number of hydrogen-bond donors (Lipinski definition) is 0. The Morgan fingerprint density at radius 1 is 1.21 bits per heavy atom. The molecule has 0 N–H and O–H groups in total. The van der Waals surface area contributed by atoms with E-state index in [0.29, 0.717) is 24.9 Å². The Morgan fingerprint density at radius 3 is 2.58 bits per heavy atom. The van der Waals surface area contributed by atoms with E-state index < -0.39 is 6.16 Å². The lowest BCUT2D eigenvalue weighted by Crippen LogP contribution is -2.16. The van der Waals surface area contributed by atoms with Crippen molar-refractivity contribution in [1.29, 1.82) is 0 Å². The molecule has 0 bridgehead atoms. The zero-order valence-corrected chi connectivity index (χ0v) is 12.1. The van der Waals surface area contributed by atoms with Gasteiger partial charge in [-0.1, -0.05) is 31.5 Å². The normalized spacial score (nSPS) is 10.6. The molecule has 0 aromatic heterocycles. The molecule has 0 unspecified atom stereocenters. The van der Waals surface area contributed by atoms with Gasteiger partial charge in [0.05, 0.1) is 6.61 Å². The number of carbonyl (C=O) groups excluding carboxylic acids is 1. The Balaban J connectivity index is 2.27. The van der Waals surface area contributed by atoms with Gasteiger partial charge in [0.2, 0.25) is 0 Å². The summed E-state index contributed by atoms with van der Waals surface area (Å²) in [5, 5.41) is 0. The molecular formula is C15H22O4. The summed E-state index contributed by atoms with van der Waals surface area (Å²) >= 11 is 0. The Kier molecular flexibility index (Phi) is 6.36. The van der Waals surface area contributed by atoms with E-state index in [1.165, 1.54) is 0 Å². The third-order valence-electron chi connectivity index (χ3n) is 2.42. The van der Waals surface area contributed by atoms with Gasteiger partial charge in [-0.25, -0.2) is 4.79 Å². The fourth-order valence-corrected chi connectivity index (χ4v) is 1.54. The van der Waals surface area contributed by atoms with Gasteiger partial charge in [0.15, 0.2) is 0 Å². The predicted molar refractivity (Wildman–Crippen MR) is 73.5 cm³/mol. The van der Waals surface area contributed by atoms with Gasteiger partial charge in [0.25, 0.3) is 0 Å². The molecule has 0 amide bonds. The molecular weight excluding hydrogens is 244 g/mol. The van der Waals surface area contributed by atoms with Crippen LogP contribution in [0.25, 0.3) is 0 Å². The van der Waals surface area contributed by atoms with E-state index in [0.717, 1.165) is 11.1 Å². The van der Waals surface area contributed by atoms with Crippen LogP contribution in [-0.2, 0) is 9.47 Å². The highest BCUT2D eigenvalue weighted by atomic mass is 16.7. The quantitative estimate of drug-likeness (QED) is 0.449. The molecule has 0 atom stereocenters. The van der Waals surface area contributed by atoms with Gasteiger partial charge in [-0.2, -0.15) is 0 Å². The van der Waals surface area contributed by atoms with Gasteiger partial charge < -0.3 is 14.2 Å². The number of aryl methyl sites for hydroxylation is 2. The molecule has 1 aromatic carbocycles. The van der Waals surface area contributed by atoms with Crippen molar-refractivity contribution in [3.8, 4) is 5.75 Å². The Bertz CT molecular complexity index is 413. The molecule has 1 aromatic rings. The standard InChI is InChI=1S/C15H22O4/c1-11(2)10-17-7-8-18-15(16)19-14-6-5-12(3)9-13(14)4/h5-6,9,11H,7-8,10H2,1-4H3. The minimum Gasteiger partial charge on any atom is -0.432 e. The van der Waals surface area contributed by atoms with E-state index in [4.69, 9.17) is 14.2 Å². The van der Waals surface area contributed by atoms with E-state index in [1.54, 1.807) is 6.07 Å². The topological polar surface area (TPSA) is 44.8 Å². The van der Waals surface area contributed by atoms with E-state index in [-0.39, 0.29) is 6.61 Å². The monoisotopic (exact) mass is 266 g/mol. The smallest absolute Gasteiger partial charge is 0.432 e. The summed E-state index contributed by atoms with van der Waals surface area (Å²) in [7, 11) is 0. The maximum atomic E-state index is 11.4. The predicted octanol–water partition coefficient (Wildman–Crippen LogP) is 3.49. The summed E-state index contributed by atoms with van der Waals surface area (Å²) < 4.78 is 15.3. The molecule has 0 fully saturated rings. The van der Waals surface area contributed by atoms with Crippen molar-refractivity contribution in [1.82, 2.24) is 0 Å². The molecule has 1 rings (SSSR count). The summed E-state index contributed by atoms with van der Waals surface area (Å²) in [5.74, 6) is 1.00. The zero-order chi connectivity index (χ0) is 14.3. The lowest BCUT2D eigenvalue weighted by atomic mass is 10.1. The number of carbonyl (C=O) groups is 1. The molecule has 0 aliphatic rings. The fourth-order valence-electron chi connectivity index (χ4n) is 1.54. The van der Waals surface area contributed by atoms with Crippen LogP contribution in [0.3, 0.4) is 0 Å². The number of hydrogen-bond acceptors (Lipinski definition) is 4. The van der Waals surface area contributed by atoms with Crippen LogP contribution in [0.2, 0.25) is 0 Å². The average Bonchev–Trinajstić information content (AvgIpc) is 2.32. The van der Waals surface area contributed by atoms with Crippen LogP contribution in [0.15, 0.2) is 18.2 Å². The van der Waals surface area contributed by atoms with Crippen molar-refractivity contribution in [3.63, 3.8) is 0 Å². The second-order valence-electron chi connectivity index (χ2n) is 4.94. The molecule has 0 aliphatic carbocycles. The molecule has 4 heteroatoms. The lowest BCUT2D eigenvalue weighted by Gasteiger charge is -2.09. The zero-order valence-electron chi connectivity index (χ0n) is 12.1. The lowest BCUT2D eigenvalue weighted by molar-refractivity contribution is 0.0437. The van der Waals surface area contributed by atoms with Crippen LogP contribution in [0, 0.1) is 19.8 Å². The van der Waals surface area contributed by atoms with E-state index in [2.05, 4.69) is 13.8 Å². The highest BCUT2D eigenvalue weighted by molar-refractivity contribution is 5.64. The second kappa shape index (κ2) is 7.79. The maximum absolute atomic E-state index is 11.4. The van der Waals surface area contributed by atoms with Gasteiger partial charge >= 0.3 is 6.16 Å². The SMILES string of the molecule is Cc1ccc(OC(=O)OCCOCC(C)C)c(C)c1. The van der Waals surface area contributed by atoms with Crippen molar-refractivity contribution in [3.05, 3.63) is 29.3 Å². The second-order valence-corrected chi connectivity index (χ2v) is 4.94. The minimum absolute atomic E-state index is 0.205. The first-order valence-electron chi connectivity index (χ1n) is 6.48. The minimum atomic E-state index is -0.694. The van der Waals surface area contributed by atoms with Crippen molar-refractivity contribution < 1.29 is 19.0 Å². The van der Waals surface area contributed by atoms with Crippen LogP contribution in [0.5, 0.6) is 5.75 Å². The summed E-state index contributed by atoms with van der Waals surface area (Å²) in [4.78, 5) is 11.4. The highest BCUT2D eigenvalue weighted by Gasteiger charge is 2.08. The number of rotatable bonds is 6. The fraction of sp³-hybridized carbons (Fsp3) is 0.533. The van der Waals surface area contributed by atoms with Crippen LogP contribution in [0.1, 0.15) is 25.0 Å². The largest absolute Gasteiger partial charge is 0.513 e. The summed E-state index contributed by atoms with van der Waals surface area (Å²) in [6, 6.07) is 5.61. The molecule has 106 valence electrons. The molecule has 0 saturated carbocycles. The van der Waals surface area contributed by atoms with Gasteiger partial charge in [0.1, 0.15) is 12.4 Å². The van der Waals surface area contributed by atoms with E-state index in [1.807, 2.05) is 26.0 Å². The molecule has 0 aliphatic heterocycles. The average molecular weight is 266 g/mol. The Morgan fingerprint density at radius 2 is 1.95 bits per heavy atom. The number of benzene rings is 1. The highest BCUT2D eigenvalue weighted by Crippen LogP contribution is 2.19. The summed E-state index contributed by atoms with van der Waals surface area (Å²) in [6.07, 6.45) is -0.694. The Labute approximate surface area is 114 Å².